The van der Waals surface area contributed by atoms with Crippen LogP contribution in [0.2, 0.25) is 0 Å². The molecule has 0 radical (unpaired) electrons. The molecule has 2 rings (SSSR count). The first-order valence-electron chi connectivity index (χ1n) is 8.16. The van der Waals surface area contributed by atoms with Crippen LogP contribution < -0.4 is 5.32 Å². The minimum Gasteiger partial charge on any atom is -0.465 e. The fraction of sp³-hybridized carbons (Fsp3) is 0.765. The zero-order valence-electron chi connectivity index (χ0n) is 13.3. The Balaban J connectivity index is 1.87. The molecule has 0 aromatic carbocycles. The number of hydrogen-bond donors (Lipinski definition) is 1. The molecule has 1 aromatic heterocycles. The van der Waals surface area contributed by atoms with E-state index in [4.69, 9.17) is 4.42 Å². The third-order valence-corrected chi connectivity index (χ3v) is 4.39. The molecule has 0 spiro atoms. The Morgan fingerprint density at radius 2 is 2.05 bits per heavy atom. The van der Waals surface area contributed by atoms with Gasteiger partial charge in [-0.3, -0.25) is 4.90 Å². The van der Waals surface area contributed by atoms with Crippen LogP contribution in [0.5, 0.6) is 0 Å². The Morgan fingerprint density at radius 1 is 1.25 bits per heavy atom. The van der Waals surface area contributed by atoms with Crippen molar-refractivity contribution >= 4 is 0 Å². The van der Waals surface area contributed by atoms with Crippen molar-refractivity contribution in [2.24, 2.45) is 5.92 Å². The quantitative estimate of drug-likeness (QED) is 0.806. The first kappa shape index (κ1) is 15.6. The average Bonchev–Trinajstić information content (AvgIpc) is 2.68. The third kappa shape index (κ3) is 4.64. The Kier molecular flexibility index (Phi) is 6.11. The highest BCUT2D eigenvalue weighted by Gasteiger charge is 2.24. The lowest BCUT2D eigenvalue weighted by Gasteiger charge is -2.29. The van der Waals surface area contributed by atoms with E-state index in [1.54, 1.807) is 0 Å². The summed E-state index contributed by atoms with van der Waals surface area (Å²) < 4.78 is 5.69. The summed E-state index contributed by atoms with van der Waals surface area (Å²) in [6.07, 6.45) is 6.88. The fourth-order valence-corrected chi connectivity index (χ4v) is 3.43. The topological polar surface area (TPSA) is 28.4 Å². The Labute approximate surface area is 123 Å². The Hall–Kier alpha value is -0.800. The molecule has 1 heterocycles. The molecule has 1 aromatic rings. The second kappa shape index (κ2) is 7.84. The number of nitrogens with one attached hydrogen (secondary N) is 1. The molecule has 0 amide bonds. The highest BCUT2D eigenvalue weighted by atomic mass is 16.3. The fourth-order valence-electron chi connectivity index (χ4n) is 3.43. The zero-order valence-corrected chi connectivity index (χ0v) is 13.3. The summed E-state index contributed by atoms with van der Waals surface area (Å²) in [6, 6.07) is 4.85. The van der Waals surface area contributed by atoms with Gasteiger partial charge in [-0.1, -0.05) is 26.2 Å². The molecule has 0 saturated heterocycles. The van der Waals surface area contributed by atoms with E-state index in [1.807, 2.05) is 6.92 Å². The van der Waals surface area contributed by atoms with Gasteiger partial charge in [0.2, 0.25) is 0 Å². The predicted molar refractivity (Wildman–Crippen MR) is 83.8 cm³/mol. The van der Waals surface area contributed by atoms with Gasteiger partial charge < -0.3 is 9.73 Å². The Bertz CT molecular complexity index is 388. The highest BCUT2D eigenvalue weighted by molar-refractivity contribution is 5.05. The van der Waals surface area contributed by atoms with Crippen LogP contribution in [0.25, 0.3) is 0 Å². The van der Waals surface area contributed by atoms with Gasteiger partial charge >= 0.3 is 0 Å². The average molecular weight is 278 g/mol. The van der Waals surface area contributed by atoms with Crippen molar-refractivity contribution in [3.63, 3.8) is 0 Å². The van der Waals surface area contributed by atoms with Gasteiger partial charge in [-0.2, -0.15) is 0 Å². The van der Waals surface area contributed by atoms with Crippen LogP contribution in [0, 0.1) is 12.8 Å². The molecule has 1 fully saturated rings. The zero-order chi connectivity index (χ0) is 14.4. The summed E-state index contributed by atoms with van der Waals surface area (Å²) in [6.45, 7) is 7.40. The van der Waals surface area contributed by atoms with Gasteiger partial charge in [0.25, 0.3) is 0 Å². The largest absolute Gasteiger partial charge is 0.465 e. The molecule has 20 heavy (non-hydrogen) atoms. The molecule has 1 aliphatic rings. The van der Waals surface area contributed by atoms with Crippen LogP contribution in [0.1, 0.15) is 50.5 Å². The van der Waals surface area contributed by atoms with Crippen molar-refractivity contribution in [2.75, 3.05) is 20.1 Å². The van der Waals surface area contributed by atoms with Gasteiger partial charge in [0, 0.05) is 12.6 Å². The molecule has 114 valence electrons. The lowest BCUT2D eigenvalue weighted by Crippen LogP contribution is -2.40. The first-order valence-corrected chi connectivity index (χ1v) is 8.16. The van der Waals surface area contributed by atoms with E-state index in [1.165, 1.54) is 32.1 Å². The van der Waals surface area contributed by atoms with Gasteiger partial charge in [-0.15, -0.1) is 0 Å². The second-order valence-corrected chi connectivity index (χ2v) is 6.27. The van der Waals surface area contributed by atoms with E-state index in [2.05, 4.69) is 36.3 Å². The number of furan rings is 1. The minimum absolute atomic E-state index is 0.697. The molecule has 1 N–H and O–H groups in total. The van der Waals surface area contributed by atoms with Crippen molar-refractivity contribution in [1.29, 1.82) is 0 Å². The summed E-state index contributed by atoms with van der Waals surface area (Å²) in [7, 11) is 2.21. The lowest BCUT2D eigenvalue weighted by molar-refractivity contribution is 0.208. The molecular formula is C17H30N2O. The van der Waals surface area contributed by atoms with Crippen LogP contribution >= 0.6 is 0 Å². The summed E-state index contributed by atoms with van der Waals surface area (Å²) in [5, 5.41) is 3.70. The summed E-state index contributed by atoms with van der Waals surface area (Å²) >= 11 is 0. The number of hydrogen-bond acceptors (Lipinski definition) is 3. The smallest absolute Gasteiger partial charge is 0.118 e. The number of nitrogens with zero attached hydrogens (tertiary/aromatic N) is 1. The van der Waals surface area contributed by atoms with Gasteiger partial charge in [-0.25, -0.2) is 0 Å². The van der Waals surface area contributed by atoms with Crippen LogP contribution in [-0.2, 0) is 6.54 Å². The maximum Gasteiger partial charge on any atom is 0.118 e. The lowest BCUT2D eigenvalue weighted by atomic mass is 9.94. The van der Waals surface area contributed by atoms with E-state index >= 15 is 0 Å². The van der Waals surface area contributed by atoms with Gasteiger partial charge in [0.05, 0.1) is 6.54 Å². The van der Waals surface area contributed by atoms with E-state index < -0.39 is 0 Å². The van der Waals surface area contributed by atoms with E-state index in [-0.39, 0.29) is 0 Å². The molecule has 2 unspecified atom stereocenters. The van der Waals surface area contributed by atoms with Crippen LogP contribution in [0.15, 0.2) is 16.5 Å². The maximum absolute atomic E-state index is 5.69. The van der Waals surface area contributed by atoms with Gasteiger partial charge in [0.15, 0.2) is 0 Å². The summed E-state index contributed by atoms with van der Waals surface area (Å²) in [5.41, 5.74) is 0. The predicted octanol–water partition coefficient (Wildman–Crippen LogP) is 3.58. The highest BCUT2D eigenvalue weighted by Crippen LogP contribution is 2.24. The molecule has 3 nitrogen and oxygen atoms in total. The first-order chi connectivity index (χ1) is 9.69. The molecular weight excluding hydrogens is 248 g/mol. The van der Waals surface area contributed by atoms with Crippen LogP contribution in [0.3, 0.4) is 0 Å². The maximum atomic E-state index is 5.69. The molecule has 0 aliphatic heterocycles. The van der Waals surface area contributed by atoms with Crippen molar-refractivity contribution in [1.82, 2.24) is 10.2 Å². The normalized spacial score (nSPS) is 24.0. The standard InChI is InChI=1S/C17H30N2O/c1-4-18-17-9-7-5-6-8-15(17)12-19(3)13-16-11-10-14(2)20-16/h10-11,15,17-18H,4-9,12-13H2,1-3H3. The van der Waals surface area contributed by atoms with Gasteiger partial charge in [0.1, 0.15) is 11.5 Å². The van der Waals surface area contributed by atoms with E-state index in [0.29, 0.717) is 6.04 Å². The van der Waals surface area contributed by atoms with Crippen molar-refractivity contribution < 1.29 is 4.42 Å². The number of aryl methyl sites for hydroxylation is 1. The van der Waals surface area contributed by atoms with Crippen molar-refractivity contribution in [3.05, 3.63) is 23.7 Å². The van der Waals surface area contributed by atoms with Crippen molar-refractivity contribution in [2.45, 2.75) is 58.5 Å². The van der Waals surface area contributed by atoms with E-state index in [0.717, 1.165) is 37.1 Å². The SMILES string of the molecule is CCNC1CCCCCC1CN(C)Cc1ccc(C)o1. The molecule has 1 saturated carbocycles. The summed E-state index contributed by atoms with van der Waals surface area (Å²) in [5.74, 6) is 2.87. The van der Waals surface area contributed by atoms with Crippen LogP contribution in [-0.4, -0.2) is 31.1 Å². The molecule has 0 bridgehead atoms. The second-order valence-electron chi connectivity index (χ2n) is 6.27. The number of rotatable bonds is 6. The minimum atomic E-state index is 0.697. The van der Waals surface area contributed by atoms with Crippen molar-refractivity contribution in [3.8, 4) is 0 Å². The summed E-state index contributed by atoms with van der Waals surface area (Å²) in [4.78, 5) is 2.42. The molecule has 1 aliphatic carbocycles. The molecule has 3 heteroatoms. The monoisotopic (exact) mass is 278 g/mol. The Morgan fingerprint density at radius 3 is 2.75 bits per heavy atom. The third-order valence-electron chi connectivity index (χ3n) is 4.39. The van der Waals surface area contributed by atoms with Gasteiger partial charge in [-0.05, 0) is 51.4 Å². The van der Waals surface area contributed by atoms with Crippen LogP contribution in [0.4, 0.5) is 0 Å². The molecule has 2 atom stereocenters. The van der Waals surface area contributed by atoms with E-state index in [9.17, 15) is 0 Å².